The number of carbonyl (C=O) groups is 4. The molecule has 0 spiro atoms. The zero-order valence-electron chi connectivity index (χ0n) is 43.0. The smallest absolute Gasteiger partial charge is 0.217 e. The molecule has 0 aromatic carbocycles. The van der Waals surface area contributed by atoms with Crippen LogP contribution in [-0.2, 0) is 66.5 Å². The van der Waals surface area contributed by atoms with Crippen LogP contribution in [0, 0.1) is 0 Å². The van der Waals surface area contributed by atoms with Crippen molar-refractivity contribution in [1.82, 2.24) is 21.3 Å². The van der Waals surface area contributed by atoms with Crippen LogP contribution >= 0.6 is 0 Å². The van der Waals surface area contributed by atoms with Crippen molar-refractivity contribution >= 4 is 23.6 Å². The maximum Gasteiger partial charge on any atom is 0.217 e. The average Bonchev–Trinajstić information content (AvgIpc) is 3.44. The highest BCUT2D eigenvalue weighted by Crippen LogP contribution is 2.35. The predicted molar refractivity (Wildman–Crippen MR) is 248 cm³/mol. The van der Waals surface area contributed by atoms with Crippen LogP contribution in [0.1, 0.15) is 27.7 Å². The monoisotopic (exact) mass is 1160 g/mol. The number of amides is 4. The lowest BCUT2D eigenvalue weighted by molar-refractivity contribution is -0.368. The second-order valence-electron chi connectivity index (χ2n) is 19.5. The van der Waals surface area contributed by atoms with Gasteiger partial charge in [-0.2, -0.15) is 0 Å². The van der Waals surface area contributed by atoms with Crippen LogP contribution in [0.4, 0.5) is 0 Å². The molecule has 0 unspecified atom stereocenters. The quantitative estimate of drug-likeness (QED) is 0.0427. The van der Waals surface area contributed by atoms with E-state index in [0.29, 0.717) is 0 Å². The average molecular weight is 1160 g/mol. The van der Waals surface area contributed by atoms with Crippen LogP contribution in [0.15, 0.2) is 0 Å². The van der Waals surface area contributed by atoms with Gasteiger partial charge in [-0.15, -0.1) is 0 Å². The number of ether oxygens (including phenoxy) is 10. The van der Waals surface area contributed by atoms with Crippen LogP contribution in [0.5, 0.6) is 0 Å². The molecular weight excluding hydrogens is 1080 g/mol. The summed E-state index contributed by atoms with van der Waals surface area (Å²) in [6, 6.07) is -6.47. The molecule has 0 aromatic heterocycles. The fourth-order valence-electron chi connectivity index (χ4n) is 9.64. The Morgan fingerprint density at radius 1 is 0.430 bits per heavy atom. The molecule has 29 atom stereocenters. The molecule has 5 fully saturated rings. The van der Waals surface area contributed by atoms with Gasteiger partial charge in [-0.3, -0.25) is 19.2 Å². The highest BCUT2D eigenvalue weighted by atomic mass is 16.8. The number of nitrogens with one attached hydrogen (secondary N) is 4. The molecule has 79 heavy (non-hydrogen) atoms. The van der Waals surface area contributed by atoms with Gasteiger partial charge >= 0.3 is 0 Å². The first-order valence-electron chi connectivity index (χ1n) is 25.0. The lowest BCUT2D eigenvalue weighted by atomic mass is 9.94. The molecule has 0 radical (unpaired) electrons. The Labute approximate surface area is 449 Å². The van der Waals surface area contributed by atoms with Gasteiger partial charge in [0.2, 0.25) is 23.6 Å². The minimum Gasteiger partial charge on any atom is -0.394 e. The van der Waals surface area contributed by atoms with Crippen molar-refractivity contribution in [3.63, 3.8) is 0 Å². The molecule has 35 nitrogen and oxygen atoms in total. The largest absolute Gasteiger partial charge is 0.394 e. The van der Waals surface area contributed by atoms with E-state index >= 15 is 0 Å². The van der Waals surface area contributed by atoms with Gasteiger partial charge in [0.05, 0.1) is 52.3 Å². The molecule has 0 aliphatic carbocycles. The van der Waals surface area contributed by atoms with Crippen molar-refractivity contribution in [3.8, 4) is 0 Å². The van der Waals surface area contributed by atoms with E-state index in [1.54, 1.807) is 0 Å². The first-order valence-corrected chi connectivity index (χ1v) is 25.0. The zero-order valence-corrected chi connectivity index (χ0v) is 43.0. The lowest BCUT2D eigenvalue weighted by Gasteiger charge is -2.49. The van der Waals surface area contributed by atoms with Crippen LogP contribution in [0.3, 0.4) is 0 Å². The molecule has 5 rings (SSSR count). The second kappa shape index (κ2) is 29.9. The Morgan fingerprint density at radius 2 is 0.785 bits per heavy atom. The summed E-state index contributed by atoms with van der Waals surface area (Å²) < 4.78 is 57.2. The molecule has 458 valence electrons. The van der Waals surface area contributed by atoms with E-state index in [0.717, 1.165) is 27.7 Å². The summed E-state index contributed by atoms with van der Waals surface area (Å²) in [5.74, 6) is -3.12. The van der Waals surface area contributed by atoms with Gasteiger partial charge in [0.15, 0.2) is 31.5 Å². The zero-order chi connectivity index (χ0) is 58.9. The fourth-order valence-corrected chi connectivity index (χ4v) is 9.64. The summed E-state index contributed by atoms with van der Waals surface area (Å²) in [6.07, 6.45) is -47.1. The van der Waals surface area contributed by atoms with Crippen LogP contribution < -0.4 is 21.3 Å². The number of aliphatic hydroxyl groups excluding tert-OH is 17. The standard InChI is InChI=1S/C44H76N4O31/c1-12(55)45-16(5-49)36(76-43-34(68)32(66)38(21(9-53)74-43)77-41-23(46-13(2)56)29(63)27(61)18(6-50)71-41)26(60)17(59)11-70-40-25(48-15(4)58)31(65)37(20(8-52)73-40)79-44-35(69)33(67)39(22(10-54)75-44)78-42-24(47-14(3)57)30(64)28(62)19(7-51)72-42/h16-44,49-54,59-69H,5-11H2,1-4H3,(H,45,55)(H,46,56)(H,47,57)(H,48,58)/t16-,17+,18+,19+,20+,21+,22+,23+,24+,25+,26-,27+,28+,29+,30+,31+,32+,33+,34+,35+,36+,37+,38-,39-,40+,41+,42+,43-,44-/m0/s1. The number of aliphatic hydroxyl groups is 17. The highest BCUT2D eigenvalue weighted by Gasteiger charge is 2.56. The van der Waals surface area contributed by atoms with Gasteiger partial charge in [-0.25, -0.2) is 0 Å². The molecule has 5 aliphatic heterocycles. The van der Waals surface area contributed by atoms with E-state index in [9.17, 15) is 106 Å². The fraction of sp³-hybridized carbons (Fsp3) is 0.909. The minimum absolute atomic E-state index is 0.724. The van der Waals surface area contributed by atoms with Crippen LogP contribution in [0.25, 0.3) is 0 Å². The Bertz CT molecular complexity index is 1940. The third-order valence-corrected chi connectivity index (χ3v) is 13.7. The normalized spacial score (nSPS) is 42.5. The van der Waals surface area contributed by atoms with Gasteiger partial charge in [0, 0.05) is 27.7 Å². The summed E-state index contributed by atoms with van der Waals surface area (Å²) >= 11 is 0. The van der Waals surface area contributed by atoms with Crippen LogP contribution in [0.2, 0.25) is 0 Å². The maximum absolute atomic E-state index is 12.5. The van der Waals surface area contributed by atoms with Gasteiger partial charge in [-0.1, -0.05) is 0 Å². The summed E-state index contributed by atoms with van der Waals surface area (Å²) in [7, 11) is 0. The molecule has 35 heteroatoms. The van der Waals surface area contributed by atoms with Crippen LogP contribution in [-0.4, -0.2) is 334 Å². The number of carbonyl (C=O) groups excluding carboxylic acids is 4. The number of rotatable bonds is 24. The van der Waals surface area contributed by atoms with Gasteiger partial charge in [-0.05, 0) is 0 Å². The van der Waals surface area contributed by atoms with Gasteiger partial charge in [0.1, 0.15) is 140 Å². The van der Waals surface area contributed by atoms with Crippen molar-refractivity contribution < 1.29 is 153 Å². The van der Waals surface area contributed by atoms with Gasteiger partial charge in [0.25, 0.3) is 0 Å². The third-order valence-electron chi connectivity index (χ3n) is 13.7. The predicted octanol–water partition coefficient (Wildman–Crippen LogP) is -13.9. The molecule has 4 amide bonds. The molecule has 5 heterocycles. The Hall–Kier alpha value is -3.20. The maximum atomic E-state index is 12.5. The Kier molecular flexibility index (Phi) is 25.2. The molecule has 0 aromatic rings. The van der Waals surface area contributed by atoms with Crippen molar-refractivity contribution in [3.05, 3.63) is 0 Å². The van der Waals surface area contributed by atoms with Crippen molar-refractivity contribution in [2.24, 2.45) is 0 Å². The van der Waals surface area contributed by atoms with E-state index in [4.69, 9.17) is 47.4 Å². The first-order chi connectivity index (χ1) is 37.3. The Balaban J connectivity index is 1.30. The van der Waals surface area contributed by atoms with Gasteiger partial charge < -0.3 is 155 Å². The topological polar surface area (TPSA) is 553 Å². The summed E-state index contributed by atoms with van der Waals surface area (Å²) in [5.41, 5.74) is 0. The molecule has 5 aliphatic rings. The molecule has 21 N–H and O–H groups in total. The summed E-state index contributed by atoms with van der Waals surface area (Å²) in [5, 5.41) is 192. The Morgan fingerprint density at radius 3 is 1.18 bits per heavy atom. The number of hydrogen-bond acceptors (Lipinski definition) is 31. The number of hydrogen-bond donors (Lipinski definition) is 21. The highest BCUT2D eigenvalue weighted by molar-refractivity contribution is 5.74. The summed E-state index contributed by atoms with van der Waals surface area (Å²) in [6.45, 7) is -2.71. The van der Waals surface area contributed by atoms with E-state index in [1.165, 1.54) is 0 Å². The molecule has 5 saturated heterocycles. The van der Waals surface area contributed by atoms with E-state index in [-0.39, 0.29) is 0 Å². The molecule has 0 saturated carbocycles. The van der Waals surface area contributed by atoms with Crippen molar-refractivity contribution in [1.29, 1.82) is 0 Å². The molecule has 0 bridgehead atoms. The van der Waals surface area contributed by atoms with Crippen molar-refractivity contribution in [2.75, 3.05) is 46.2 Å². The summed E-state index contributed by atoms with van der Waals surface area (Å²) in [4.78, 5) is 48.7. The van der Waals surface area contributed by atoms with E-state index in [1.807, 2.05) is 0 Å². The van der Waals surface area contributed by atoms with Crippen molar-refractivity contribution in [2.45, 2.75) is 205 Å². The third kappa shape index (κ3) is 15.9. The lowest BCUT2D eigenvalue weighted by Crippen LogP contribution is -2.69. The van der Waals surface area contributed by atoms with E-state index in [2.05, 4.69) is 21.3 Å². The van der Waals surface area contributed by atoms with E-state index < -0.39 is 248 Å². The minimum atomic E-state index is -2.30. The second-order valence-corrected chi connectivity index (χ2v) is 19.5. The first kappa shape index (κ1) is 66.6. The SMILES string of the molecule is CC(=O)N[C@H]1[C@H](OC[C@@H](O)[C@H](O)[C@H](O[C@@H]2O[C@H](CO)[C@H](O[C@H]3O[C@H](CO)[C@@H](O)[C@H](O)[C@H]3NC(C)=O)[C@H](O)[C@H]2O)[C@H](CO)NC(C)=O)O[C@H](CO)[C@@H](O[C@@H]2O[C@H](CO)[C@H](O[C@H]3O[C@H](CO)[C@@H](O)[C@H](O)[C@H]3NC(C)=O)[C@H](O)[C@H]2O)[C@@H]1O. The molecular formula is C44H76N4O31.